The number of carbonyl (C=O) groups is 1. The first-order chi connectivity index (χ1) is 8.13. The normalized spacial score (nSPS) is 18.6. The van der Waals surface area contributed by atoms with Crippen LogP contribution in [0, 0.1) is 0 Å². The van der Waals surface area contributed by atoms with Crippen molar-refractivity contribution in [2.45, 2.75) is 52.1 Å². The summed E-state index contributed by atoms with van der Waals surface area (Å²) in [4.78, 5) is 13.9. The highest BCUT2D eigenvalue weighted by atomic mass is 16.1. The Morgan fingerprint density at radius 1 is 1.35 bits per heavy atom. The summed E-state index contributed by atoms with van der Waals surface area (Å²) in [5, 5.41) is 6.24. The number of carbonyl (C=O) groups excluding carboxylic acids is 1. The van der Waals surface area contributed by atoms with Gasteiger partial charge in [-0.3, -0.25) is 4.79 Å². The standard InChI is InChI=1S/C13H27N3O/c1-4-7-14-13(17)10-15-12-5-8-16(9-6-12)11(2)3/h11-12,15H,4-10H2,1-3H3,(H,14,17). The number of hydrogen-bond acceptors (Lipinski definition) is 3. The Labute approximate surface area is 105 Å². The highest BCUT2D eigenvalue weighted by Gasteiger charge is 2.20. The van der Waals surface area contributed by atoms with E-state index in [9.17, 15) is 4.79 Å². The minimum atomic E-state index is 0.123. The molecule has 0 aromatic carbocycles. The summed E-state index contributed by atoms with van der Waals surface area (Å²) in [6, 6.07) is 1.15. The second-order valence-corrected chi connectivity index (χ2v) is 5.13. The smallest absolute Gasteiger partial charge is 0.233 e. The van der Waals surface area contributed by atoms with Crippen LogP contribution in [-0.2, 0) is 4.79 Å². The van der Waals surface area contributed by atoms with E-state index in [1.807, 2.05) is 0 Å². The maximum atomic E-state index is 11.4. The number of amides is 1. The van der Waals surface area contributed by atoms with Gasteiger partial charge in [0, 0.05) is 18.6 Å². The van der Waals surface area contributed by atoms with E-state index >= 15 is 0 Å². The zero-order chi connectivity index (χ0) is 12.7. The molecule has 0 spiro atoms. The number of hydrogen-bond donors (Lipinski definition) is 2. The van der Waals surface area contributed by atoms with Gasteiger partial charge in [0.25, 0.3) is 0 Å². The van der Waals surface area contributed by atoms with Crippen LogP contribution in [0.3, 0.4) is 0 Å². The van der Waals surface area contributed by atoms with Gasteiger partial charge in [-0.1, -0.05) is 6.92 Å². The average Bonchev–Trinajstić information content (AvgIpc) is 2.34. The van der Waals surface area contributed by atoms with Gasteiger partial charge in [0.1, 0.15) is 0 Å². The van der Waals surface area contributed by atoms with E-state index in [0.29, 0.717) is 18.6 Å². The molecule has 1 heterocycles. The van der Waals surface area contributed by atoms with E-state index in [1.165, 1.54) is 0 Å². The Hall–Kier alpha value is -0.610. The third kappa shape index (κ3) is 5.50. The molecule has 17 heavy (non-hydrogen) atoms. The molecule has 1 aliphatic rings. The molecule has 0 unspecified atom stereocenters. The maximum Gasteiger partial charge on any atom is 0.233 e. The first kappa shape index (κ1) is 14.5. The van der Waals surface area contributed by atoms with Crippen molar-refractivity contribution in [2.24, 2.45) is 0 Å². The van der Waals surface area contributed by atoms with Crippen molar-refractivity contribution in [2.75, 3.05) is 26.2 Å². The van der Waals surface area contributed by atoms with E-state index in [-0.39, 0.29) is 5.91 Å². The fourth-order valence-electron chi connectivity index (χ4n) is 2.18. The van der Waals surface area contributed by atoms with Gasteiger partial charge >= 0.3 is 0 Å². The van der Waals surface area contributed by atoms with Gasteiger partial charge in [0.15, 0.2) is 0 Å². The van der Waals surface area contributed by atoms with Crippen molar-refractivity contribution in [1.82, 2.24) is 15.5 Å². The summed E-state index contributed by atoms with van der Waals surface area (Å²) in [6.45, 7) is 10.1. The van der Waals surface area contributed by atoms with Crippen LogP contribution >= 0.6 is 0 Å². The van der Waals surface area contributed by atoms with Crippen LogP contribution in [-0.4, -0.2) is 49.1 Å². The zero-order valence-corrected chi connectivity index (χ0v) is 11.5. The van der Waals surface area contributed by atoms with Crippen molar-refractivity contribution >= 4 is 5.91 Å². The molecule has 0 radical (unpaired) electrons. The molecule has 1 fully saturated rings. The summed E-state index contributed by atoms with van der Waals surface area (Å²) in [6.07, 6.45) is 3.30. The van der Waals surface area contributed by atoms with Crippen molar-refractivity contribution in [3.63, 3.8) is 0 Å². The molecule has 100 valence electrons. The minimum absolute atomic E-state index is 0.123. The molecule has 4 heteroatoms. The fourth-order valence-corrected chi connectivity index (χ4v) is 2.18. The fraction of sp³-hybridized carbons (Fsp3) is 0.923. The van der Waals surface area contributed by atoms with Gasteiger partial charge in [-0.2, -0.15) is 0 Å². The SMILES string of the molecule is CCCNC(=O)CNC1CCN(C(C)C)CC1. The molecule has 1 saturated heterocycles. The highest BCUT2D eigenvalue weighted by molar-refractivity contribution is 5.77. The van der Waals surface area contributed by atoms with Gasteiger partial charge in [-0.15, -0.1) is 0 Å². The predicted octanol–water partition coefficient (Wildman–Crippen LogP) is 0.975. The molecule has 2 N–H and O–H groups in total. The molecule has 0 atom stereocenters. The van der Waals surface area contributed by atoms with Crippen molar-refractivity contribution in [3.05, 3.63) is 0 Å². The van der Waals surface area contributed by atoms with Crippen molar-refractivity contribution in [3.8, 4) is 0 Å². The second kappa shape index (κ2) is 7.67. The molecule has 1 amide bonds. The van der Waals surface area contributed by atoms with Crippen LogP contribution in [0.15, 0.2) is 0 Å². The molecular weight excluding hydrogens is 214 g/mol. The van der Waals surface area contributed by atoms with Crippen LogP contribution in [0.4, 0.5) is 0 Å². The minimum Gasteiger partial charge on any atom is -0.355 e. The maximum absolute atomic E-state index is 11.4. The molecule has 4 nitrogen and oxygen atoms in total. The number of nitrogens with zero attached hydrogens (tertiary/aromatic N) is 1. The van der Waals surface area contributed by atoms with E-state index in [4.69, 9.17) is 0 Å². The summed E-state index contributed by atoms with van der Waals surface area (Å²) < 4.78 is 0. The predicted molar refractivity (Wildman–Crippen MR) is 71.0 cm³/mol. The molecule has 0 aromatic heterocycles. The first-order valence-electron chi connectivity index (χ1n) is 6.87. The summed E-state index contributed by atoms with van der Waals surface area (Å²) in [5.41, 5.74) is 0. The van der Waals surface area contributed by atoms with Crippen LogP contribution < -0.4 is 10.6 Å². The van der Waals surface area contributed by atoms with Gasteiger partial charge < -0.3 is 15.5 Å². The second-order valence-electron chi connectivity index (χ2n) is 5.13. The van der Waals surface area contributed by atoms with Gasteiger partial charge in [-0.25, -0.2) is 0 Å². The summed E-state index contributed by atoms with van der Waals surface area (Å²) in [7, 11) is 0. The molecular formula is C13H27N3O. The third-order valence-electron chi connectivity index (χ3n) is 3.38. The lowest BCUT2D eigenvalue weighted by atomic mass is 10.0. The molecule has 0 bridgehead atoms. The molecule has 0 aliphatic carbocycles. The summed E-state index contributed by atoms with van der Waals surface area (Å²) in [5.74, 6) is 0.123. The largest absolute Gasteiger partial charge is 0.355 e. The molecule has 1 rings (SSSR count). The molecule has 1 aliphatic heterocycles. The topological polar surface area (TPSA) is 44.4 Å². The number of rotatable bonds is 6. The number of nitrogens with one attached hydrogen (secondary N) is 2. The number of piperidine rings is 1. The summed E-state index contributed by atoms with van der Waals surface area (Å²) >= 11 is 0. The highest BCUT2D eigenvalue weighted by Crippen LogP contribution is 2.12. The van der Waals surface area contributed by atoms with Crippen molar-refractivity contribution in [1.29, 1.82) is 0 Å². The van der Waals surface area contributed by atoms with Gasteiger partial charge in [0.2, 0.25) is 5.91 Å². The lowest BCUT2D eigenvalue weighted by Gasteiger charge is -2.34. The van der Waals surface area contributed by atoms with Crippen LogP contribution in [0.5, 0.6) is 0 Å². The zero-order valence-electron chi connectivity index (χ0n) is 11.5. The van der Waals surface area contributed by atoms with Crippen LogP contribution in [0.25, 0.3) is 0 Å². The van der Waals surface area contributed by atoms with E-state index in [0.717, 1.165) is 38.9 Å². The van der Waals surface area contributed by atoms with E-state index in [1.54, 1.807) is 0 Å². The van der Waals surface area contributed by atoms with Gasteiger partial charge in [-0.05, 0) is 46.2 Å². The molecule has 0 aromatic rings. The van der Waals surface area contributed by atoms with Crippen molar-refractivity contribution < 1.29 is 4.79 Å². The van der Waals surface area contributed by atoms with Crippen LogP contribution in [0.2, 0.25) is 0 Å². The quantitative estimate of drug-likeness (QED) is 0.728. The van der Waals surface area contributed by atoms with Gasteiger partial charge in [0.05, 0.1) is 6.54 Å². The van der Waals surface area contributed by atoms with E-state index in [2.05, 4.69) is 36.3 Å². The lowest BCUT2D eigenvalue weighted by molar-refractivity contribution is -0.120. The van der Waals surface area contributed by atoms with E-state index < -0.39 is 0 Å². The van der Waals surface area contributed by atoms with Crippen LogP contribution in [0.1, 0.15) is 40.0 Å². The monoisotopic (exact) mass is 241 g/mol. The third-order valence-corrected chi connectivity index (χ3v) is 3.38. The Morgan fingerprint density at radius 2 is 2.00 bits per heavy atom. The molecule has 0 saturated carbocycles. The average molecular weight is 241 g/mol. The Balaban J connectivity index is 2.12. The Kier molecular flexibility index (Phi) is 6.52. The number of likely N-dealkylation sites (tertiary alicyclic amines) is 1. The lowest BCUT2D eigenvalue weighted by Crippen LogP contribution is -2.47. The Bertz CT molecular complexity index is 223. The first-order valence-corrected chi connectivity index (χ1v) is 6.87. The Morgan fingerprint density at radius 3 is 2.53 bits per heavy atom.